The summed E-state index contributed by atoms with van der Waals surface area (Å²) in [6, 6.07) is 6.03. The molecule has 2 N–H and O–H groups in total. The second kappa shape index (κ2) is 7.10. The molecule has 0 aliphatic carbocycles. The van der Waals surface area contributed by atoms with Gasteiger partial charge in [-0.3, -0.25) is 4.79 Å². The summed E-state index contributed by atoms with van der Waals surface area (Å²) in [5, 5.41) is 9.18. The van der Waals surface area contributed by atoms with Crippen molar-refractivity contribution in [1.82, 2.24) is 4.98 Å². The molecule has 0 saturated heterocycles. The molecule has 1 aromatic carbocycles. The lowest BCUT2D eigenvalue weighted by molar-refractivity contribution is -0.116. The predicted octanol–water partition coefficient (Wildman–Crippen LogP) is 3.70. The zero-order chi connectivity index (χ0) is 16.2. The Kier molecular flexibility index (Phi) is 4.93. The van der Waals surface area contributed by atoms with Crippen LogP contribution in [0.2, 0.25) is 0 Å². The van der Waals surface area contributed by atoms with Crippen molar-refractivity contribution in [2.24, 2.45) is 0 Å². The fourth-order valence-electron chi connectivity index (χ4n) is 2.58. The number of fused-ring (bicyclic) bond motifs is 1. The average Bonchev–Trinajstić information content (AvgIpc) is 3.13. The Morgan fingerprint density at radius 1 is 1.43 bits per heavy atom. The first-order chi connectivity index (χ1) is 11.2. The maximum atomic E-state index is 11.7. The lowest BCUT2D eigenvalue weighted by Crippen LogP contribution is -2.08. The van der Waals surface area contributed by atoms with Crippen LogP contribution in [0.1, 0.15) is 31.7 Å². The molecule has 0 radical (unpaired) electrons. The summed E-state index contributed by atoms with van der Waals surface area (Å²) >= 11 is 1.60. The predicted molar refractivity (Wildman–Crippen MR) is 94.2 cm³/mol. The molecule has 1 aliphatic rings. The van der Waals surface area contributed by atoms with E-state index in [1.165, 1.54) is 0 Å². The summed E-state index contributed by atoms with van der Waals surface area (Å²) in [7, 11) is 0. The number of thiazole rings is 1. The van der Waals surface area contributed by atoms with E-state index >= 15 is 0 Å². The normalized spacial score (nSPS) is 16.3. The van der Waals surface area contributed by atoms with Crippen LogP contribution in [0.25, 0.3) is 11.3 Å². The van der Waals surface area contributed by atoms with Gasteiger partial charge in [-0.15, -0.1) is 11.3 Å². The first-order valence-electron chi connectivity index (χ1n) is 7.91. The second-order valence-corrected chi connectivity index (χ2v) is 6.39. The van der Waals surface area contributed by atoms with E-state index < -0.39 is 0 Å². The molecule has 0 bridgehead atoms. The molecule has 6 heteroatoms. The van der Waals surface area contributed by atoms with Gasteiger partial charge in [-0.1, -0.05) is 6.07 Å². The summed E-state index contributed by atoms with van der Waals surface area (Å²) in [5.41, 5.74) is 3.95. The standard InChI is InChI=1S/C17H21N3O2S/c1-3-22-8-4-7-18-17-20-15(10-23-17)12-5-6-14-13(9-12)11(2)16(21)19-14/h5-6,9-11H,3-4,7-8H2,1-2H3,(H,18,20)(H,19,21)/t11-/m0/s1. The lowest BCUT2D eigenvalue weighted by atomic mass is 10.00. The Morgan fingerprint density at radius 3 is 3.13 bits per heavy atom. The zero-order valence-electron chi connectivity index (χ0n) is 13.4. The molecule has 2 heterocycles. The third kappa shape index (κ3) is 3.54. The highest BCUT2D eigenvalue weighted by atomic mass is 32.1. The second-order valence-electron chi connectivity index (χ2n) is 5.53. The summed E-state index contributed by atoms with van der Waals surface area (Å²) < 4.78 is 5.32. The van der Waals surface area contributed by atoms with Gasteiger partial charge in [-0.2, -0.15) is 0 Å². The third-order valence-corrected chi connectivity index (χ3v) is 4.71. The van der Waals surface area contributed by atoms with E-state index in [9.17, 15) is 4.79 Å². The lowest BCUT2D eigenvalue weighted by Gasteiger charge is -2.04. The Balaban J connectivity index is 1.66. The van der Waals surface area contributed by atoms with E-state index in [4.69, 9.17) is 4.74 Å². The number of rotatable bonds is 7. The molecule has 1 aromatic heterocycles. The smallest absolute Gasteiger partial charge is 0.231 e. The van der Waals surface area contributed by atoms with Gasteiger partial charge in [0.15, 0.2) is 5.13 Å². The monoisotopic (exact) mass is 331 g/mol. The van der Waals surface area contributed by atoms with E-state index in [-0.39, 0.29) is 11.8 Å². The Bertz CT molecular complexity index is 699. The molecule has 1 amide bonds. The molecule has 5 nitrogen and oxygen atoms in total. The molecule has 0 spiro atoms. The zero-order valence-corrected chi connectivity index (χ0v) is 14.2. The maximum Gasteiger partial charge on any atom is 0.231 e. The van der Waals surface area contributed by atoms with E-state index in [1.54, 1.807) is 11.3 Å². The SMILES string of the molecule is CCOCCCNc1nc(-c2ccc3c(c2)[C@H](C)C(=O)N3)cs1. The number of nitrogens with one attached hydrogen (secondary N) is 2. The van der Waals surface area contributed by atoms with E-state index in [2.05, 4.69) is 21.7 Å². The number of ether oxygens (including phenoxy) is 1. The highest BCUT2D eigenvalue weighted by Gasteiger charge is 2.26. The number of aromatic nitrogens is 1. The third-order valence-electron chi connectivity index (χ3n) is 3.91. The number of hydrogen-bond donors (Lipinski definition) is 2. The van der Waals surface area contributed by atoms with Gasteiger partial charge in [0.2, 0.25) is 5.91 Å². The van der Waals surface area contributed by atoms with E-state index in [0.29, 0.717) is 0 Å². The Hall–Kier alpha value is -1.92. The van der Waals surface area contributed by atoms with Crippen LogP contribution in [0.5, 0.6) is 0 Å². The number of nitrogens with zero attached hydrogens (tertiary/aromatic N) is 1. The molecule has 0 fully saturated rings. The van der Waals surface area contributed by atoms with Crippen LogP contribution >= 0.6 is 11.3 Å². The molecule has 2 aromatic rings. The summed E-state index contributed by atoms with van der Waals surface area (Å²) in [6.07, 6.45) is 0.965. The van der Waals surface area contributed by atoms with Crippen LogP contribution in [0.15, 0.2) is 23.6 Å². The quantitative estimate of drug-likeness (QED) is 0.759. The molecule has 122 valence electrons. The van der Waals surface area contributed by atoms with E-state index in [0.717, 1.165) is 53.8 Å². The largest absolute Gasteiger partial charge is 0.382 e. The Labute approximate surface area is 140 Å². The van der Waals surface area contributed by atoms with Gasteiger partial charge < -0.3 is 15.4 Å². The number of benzene rings is 1. The number of anilines is 2. The van der Waals surface area contributed by atoms with Gasteiger partial charge in [0.25, 0.3) is 0 Å². The van der Waals surface area contributed by atoms with Crippen molar-refractivity contribution in [3.8, 4) is 11.3 Å². The molecule has 0 unspecified atom stereocenters. The summed E-state index contributed by atoms with van der Waals surface area (Å²) in [5.74, 6) is -0.0353. The van der Waals surface area contributed by atoms with Crippen molar-refractivity contribution >= 4 is 28.1 Å². The summed E-state index contributed by atoms with van der Waals surface area (Å²) in [4.78, 5) is 16.4. The molecule has 3 rings (SSSR count). The minimum absolute atomic E-state index is 0.0621. The highest BCUT2D eigenvalue weighted by Crippen LogP contribution is 2.36. The van der Waals surface area contributed by atoms with Gasteiger partial charge >= 0.3 is 0 Å². The number of carbonyl (C=O) groups is 1. The minimum atomic E-state index is -0.0975. The Morgan fingerprint density at radius 2 is 2.30 bits per heavy atom. The molecule has 23 heavy (non-hydrogen) atoms. The van der Waals surface area contributed by atoms with Crippen molar-refractivity contribution in [2.75, 3.05) is 30.4 Å². The summed E-state index contributed by atoms with van der Waals surface area (Å²) in [6.45, 7) is 6.31. The van der Waals surface area contributed by atoms with Gasteiger partial charge in [0.05, 0.1) is 11.6 Å². The van der Waals surface area contributed by atoms with Crippen molar-refractivity contribution in [1.29, 1.82) is 0 Å². The van der Waals surface area contributed by atoms with Crippen molar-refractivity contribution < 1.29 is 9.53 Å². The van der Waals surface area contributed by atoms with E-state index in [1.807, 2.05) is 31.4 Å². The molecule has 0 saturated carbocycles. The first-order valence-corrected chi connectivity index (χ1v) is 8.79. The van der Waals surface area contributed by atoms with Crippen LogP contribution in [0.3, 0.4) is 0 Å². The van der Waals surface area contributed by atoms with Crippen LogP contribution in [-0.4, -0.2) is 30.6 Å². The van der Waals surface area contributed by atoms with Crippen LogP contribution in [-0.2, 0) is 9.53 Å². The van der Waals surface area contributed by atoms with Gasteiger partial charge in [0.1, 0.15) is 0 Å². The molecular weight excluding hydrogens is 310 g/mol. The van der Waals surface area contributed by atoms with Gasteiger partial charge in [-0.05, 0) is 38.0 Å². The van der Waals surface area contributed by atoms with Gasteiger partial charge in [-0.25, -0.2) is 4.98 Å². The average molecular weight is 331 g/mol. The number of amides is 1. The number of hydrogen-bond acceptors (Lipinski definition) is 5. The fraction of sp³-hybridized carbons (Fsp3) is 0.412. The van der Waals surface area contributed by atoms with Crippen molar-refractivity contribution in [3.63, 3.8) is 0 Å². The first kappa shape index (κ1) is 16.0. The van der Waals surface area contributed by atoms with Crippen LogP contribution < -0.4 is 10.6 Å². The minimum Gasteiger partial charge on any atom is -0.382 e. The fourth-order valence-corrected chi connectivity index (χ4v) is 3.33. The molecule has 1 atom stereocenters. The number of carbonyl (C=O) groups excluding carboxylic acids is 1. The van der Waals surface area contributed by atoms with Crippen LogP contribution in [0, 0.1) is 0 Å². The van der Waals surface area contributed by atoms with Crippen molar-refractivity contribution in [2.45, 2.75) is 26.2 Å². The maximum absolute atomic E-state index is 11.7. The highest BCUT2D eigenvalue weighted by molar-refractivity contribution is 7.14. The molecular formula is C17H21N3O2S. The van der Waals surface area contributed by atoms with Crippen LogP contribution in [0.4, 0.5) is 10.8 Å². The van der Waals surface area contributed by atoms with Crippen molar-refractivity contribution in [3.05, 3.63) is 29.1 Å². The van der Waals surface area contributed by atoms with Gasteiger partial charge in [0, 0.05) is 36.4 Å². The molecule has 1 aliphatic heterocycles. The topological polar surface area (TPSA) is 63.2 Å².